The summed E-state index contributed by atoms with van der Waals surface area (Å²) in [6.07, 6.45) is 2.48. The number of nitrogens with zero attached hydrogens (tertiary/aromatic N) is 6. The highest BCUT2D eigenvalue weighted by molar-refractivity contribution is 7.86. The second-order valence-corrected chi connectivity index (χ2v) is 15.4. The normalized spacial score (nSPS) is 11.5. The third kappa shape index (κ3) is 12.2. The number of anilines is 10. The summed E-state index contributed by atoms with van der Waals surface area (Å²) in [5, 5.41) is 36.2. The summed E-state index contributed by atoms with van der Waals surface area (Å²) >= 11 is 0. The van der Waals surface area contributed by atoms with Crippen LogP contribution in [0.4, 0.5) is 58.4 Å². The molecule has 6 rings (SSSR count). The number of benzene rings is 4. The minimum Gasteiger partial charge on any atom is -0.497 e. The lowest BCUT2D eigenvalue weighted by Crippen LogP contribution is -2.12. The van der Waals surface area contributed by atoms with Crippen molar-refractivity contribution in [3.8, 4) is 11.5 Å². The van der Waals surface area contributed by atoms with E-state index in [4.69, 9.17) is 9.47 Å². The summed E-state index contributed by atoms with van der Waals surface area (Å²) in [6.45, 7) is -0.197. The third-order valence-corrected chi connectivity index (χ3v) is 10.1. The standard InChI is InChI=1S/C38H40N12O10S2/c1-59-29-13-9-25(10-14-29)41-35-45-33(39-17-19-51)47-37(49-35)43-27-7-5-23(31(21-27)61(53,54)55)3-4-24-6-8-28(22-32(24)62(56,57)58)44-38-48-34(40-18-20-52)46-36(50-38)42-26-11-15-30(60-2)16-12-26/h3-16,21-22,51-52H,17-20H2,1-2H3,(H,53,54,55)(H,56,57,58)(H3,39,41,43,45,47,49)(H3,40,42,44,46,48,50)/b4-3+. The molecule has 0 spiro atoms. The topological polar surface area (TPSA) is 317 Å². The van der Waals surface area contributed by atoms with Crippen LogP contribution in [0.2, 0.25) is 0 Å². The Bertz CT molecular complexity index is 2580. The highest BCUT2D eigenvalue weighted by Gasteiger charge is 2.19. The minimum atomic E-state index is -4.88. The molecule has 24 heteroatoms. The van der Waals surface area contributed by atoms with Crippen LogP contribution >= 0.6 is 0 Å². The highest BCUT2D eigenvalue weighted by Crippen LogP contribution is 2.29. The number of aliphatic hydroxyl groups is 2. The monoisotopic (exact) mass is 888 g/mol. The van der Waals surface area contributed by atoms with Crippen LogP contribution in [-0.2, 0) is 20.2 Å². The summed E-state index contributed by atoms with van der Waals surface area (Å²) < 4.78 is 81.4. The fraction of sp³-hybridized carbons (Fsp3) is 0.158. The molecule has 22 nitrogen and oxygen atoms in total. The predicted octanol–water partition coefficient (Wildman–Crippen LogP) is 4.52. The lowest BCUT2D eigenvalue weighted by molar-refractivity contribution is 0.310. The average molecular weight is 889 g/mol. The maximum atomic E-state index is 12.6. The van der Waals surface area contributed by atoms with Gasteiger partial charge in [-0.3, -0.25) is 9.11 Å². The van der Waals surface area contributed by atoms with Gasteiger partial charge in [0.1, 0.15) is 21.3 Å². The number of rotatable bonds is 20. The summed E-state index contributed by atoms with van der Waals surface area (Å²) in [5.41, 5.74) is 1.40. The van der Waals surface area contributed by atoms with Crippen molar-refractivity contribution in [3.05, 3.63) is 96.1 Å². The number of nitrogens with one attached hydrogen (secondary N) is 6. The Morgan fingerprint density at radius 3 is 1.10 bits per heavy atom. The number of methoxy groups -OCH3 is 2. The maximum Gasteiger partial charge on any atom is 0.295 e. The van der Waals surface area contributed by atoms with E-state index in [1.807, 2.05) is 0 Å². The van der Waals surface area contributed by atoms with E-state index in [1.54, 1.807) is 48.5 Å². The lowest BCUT2D eigenvalue weighted by Gasteiger charge is -2.13. The molecule has 324 valence electrons. The molecule has 10 N–H and O–H groups in total. The van der Waals surface area contributed by atoms with Crippen molar-refractivity contribution in [2.45, 2.75) is 9.79 Å². The minimum absolute atomic E-state index is 0.0351. The molecule has 0 aliphatic carbocycles. The lowest BCUT2D eigenvalue weighted by atomic mass is 10.1. The van der Waals surface area contributed by atoms with Gasteiger partial charge in [0.05, 0.1) is 27.4 Å². The van der Waals surface area contributed by atoms with Gasteiger partial charge >= 0.3 is 0 Å². The van der Waals surface area contributed by atoms with Crippen LogP contribution in [0.3, 0.4) is 0 Å². The van der Waals surface area contributed by atoms with Crippen LogP contribution in [0.25, 0.3) is 12.2 Å². The Hall–Kier alpha value is -7.22. The van der Waals surface area contributed by atoms with Gasteiger partial charge in [0, 0.05) is 35.8 Å². The molecule has 2 heterocycles. The molecule has 0 atom stereocenters. The summed E-state index contributed by atoms with van der Waals surface area (Å²) in [4.78, 5) is 24.7. The van der Waals surface area contributed by atoms with Crippen molar-refractivity contribution in [1.82, 2.24) is 29.9 Å². The van der Waals surface area contributed by atoms with Crippen molar-refractivity contribution in [2.75, 3.05) is 72.4 Å². The molecule has 6 aromatic rings. The fourth-order valence-electron chi connectivity index (χ4n) is 5.46. The van der Waals surface area contributed by atoms with E-state index >= 15 is 0 Å². The first kappa shape index (κ1) is 44.3. The van der Waals surface area contributed by atoms with Crippen LogP contribution in [0.15, 0.2) is 94.7 Å². The Kier molecular flexibility index (Phi) is 14.2. The van der Waals surface area contributed by atoms with Crippen LogP contribution in [0.5, 0.6) is 11.5 Å². The second-order valence-electron chi connectivity index (χ2n) is 12.7. The van der Waals surface area contributed by atoms with Crippen LogP contribution in [-0.4, -0.2) is 107 Å². The molecule has 0 bridgehead atoms. The molecule has 62 heavy (non-hydrogen) atoms. The fourth-order valence-corrected chi connectivity index (χ4v) is 6.88. The van der Waals surface area contributed by atoms with E-state index < -0.39 is 30.0 Å². The van der Waals surface area contributed by atoms with Crippen molar-refractivity contribution in [2.24, 2.45) is 0 Å². The van der Waals surface area contributed by atoms with Gasteiger partial charge in [0.25, 0.3) is 20.2 Å². The van der Waals surface area contributed by atoms with Crippen LogP contribution in [0.1, 0.15) is 11.1 Å². The zero-order valence-electron chi connectivity index (χ0n) is 32.8. The van der Waals surface area contributed by atoms with Crippen molar-refractivity contribution < 1.29 is 45.6 Å². The van der Waals surface area contributed by atoms with E-state index in [-0.39, 0.29) is 84.5 Å². The molecule has 0 fully saturated rings. The summed E-state index contributed by atoms with van der Waals surface area (Å²) in [5.74, 6) is 1.54. The molecule has 0 saturated heterocycles. The molecule has 0 radical (unpaired) electrons. The van der Waals surface area contributed by atoms with Crippen LogP contribution < -0.4 is 41.4 Å². The van der Waals surface area contributed by atoms with Crippen molar-refractivity contribution >= 4 is 90.8 Å². The average Bonchev–Trinajstić information content (AvgIpc) is 3.24. The van der Waals surface area contributed by atoms with E-state index in [0.717, 1.165) is 12.1 Å². The zero-order valence-corrected chi connectivity index (χ0v) is 34.4. The van der Waals surface area contributed by atoms with E-state index in [9.17, 15) is 36.2 Å². The largest absolute Gasteiger partial charge is 0.497 e. The molecular formula is C38H40N12O10S2. The van der Waals surface area contributed by atoms with Crippen molar-refractivity contribution in [1.29, 1.82) is 0 Å². The third-order valence-electron chi connectivity index (χ3n) is 8.29. The first-order chi connectivity index (χ1) is 29.7. The molecule has 0 unspecified atom stereocenters. The maximum absolute atomic E-state index is 12.6. The molecule has 4 aromatic carbocycles. The number of aliphatic hydroxyl groups excluding tert-OH is 2. The summed E-state index contributed by atoms with van der Waals surface area (Å²) in [7, 11) is -6.68. The summed E-state index contributed by atoms with van der Waals surface area (Å²) in [6, 6.07) is 21.7. The number of ether oxygens (including phenoxy) is 2. The highest BCUT2D eigenvalue weighted by atomic mass is 32.2. The molecule has 2 aromatic heterocycles. The molecule has 0 aliphatic rings. The van der Waals surface area contributed by atoms with Gasteiger partial charge in [-0.25, -0.2) is 0 Å². The molecule has 0 amide bonds. The van der Waals surface area contributed by atoms with Gasteiger partial charge in [0.15, 0.2) is 0 Å². The van der Waals surface area contributed by atoms with Gasteiger partial charge in [-0.05, 0) is 83.9 Å². The Labute approximate surface area is 355 Å². The van der Waals surface area contributed by atoms with Gasteiger partial charge in [-0.15, -0.1) is 0 Å². The second kappa shape index (κ2) is 19.9. The first-order valence-corrected chi connectivity index (χ1v) is 21.1. The van der Waals surface area contributed by atoms with E-state index in [2.05, 4.69) is 61.8 Å². The SMILES string of the molecule is COc1ccc(Nc2nc(NCCO)nc(Nc3ccc(/C=C/c4ccc(Nc5nc(NCCO)nc(Nc6ccc(OC)cc6)n5)cc4S(=O)(=O)O)c(S(=O)(=O)O)c3)n2)cc1. The number of hydrogen-bond donors (Lipinski definition) is 10. The van der Waals surface area contributed by atoms with Gasteiger partial charge in [-0.1, -0.05) is 24.3 Å². The van der Waals surface area contributed by atoms with E-state index in [1.165, 1.54) is 50.6 Å². The number of aromatic nitrogens is 6. The predicted molar refractivity (Wildman–Crippen MR) is 231 cm³/mol. The molecule has 0 aliphatic heterocycles. The smallest absolute Gasteiger partial charge is 0.295 e. The Balaban J connectivity index is 1.26. The van der Waals surface area contributed by atoms with Crippen molar-refractivity contribution in [3.63, 3.8) is 0 Å². The van der Waals surface area contributed by atoms with Gasteiger partial charge in [0.2, 0.25) is 35.7 Å². The van der Waals surface area contributed by atoms with Gasteiger partial charge in [-0.2, -0.15) is 46.7 Å². The zero-order chi connectivity index (χ0) is 44.3. The first-order valence-electron chi connectivity index (χ1n) is 18.2. The number of hydrogen-bond acceptors (Lipinski definition) is 20. The van der Waals surface area contributed by atoms with Crippen LogP contribution in [0, 0.1) is 0 Å². The quantitative estimate of drug-likeness (QED) is 0.0372. The Morgan fingerprint density at radius 2 is 0.790 bits per heavy atom. The Morgan fingerprint density at radius 1 is 0.484 bits per heavy atom. The molecule has 0 saturated carbocycles. The molecular weight excluding hydrogens is 849 g/mol. The van der Waals surface area contributed by atoms with E-state index in [0.29, 0.717) is 22.9 Å². The van der Waals surface area contributed by atoms with Gasteiger partial charge < -0.3 is 51.6 Å².